The number of nitro groups is 1. The first kappa shape index (κ1) is 13.5. The summed E-state index contributed by atoms with van der Waals surface area (Å²) in [7, 11) is 0. The fourth-order valence-electron chi connectivity index (χ4n) is 1.42. The molecule has 0 saturated heterocycles. The number of aliphatic hydroxyl groups excluding tert-OH is 3. The van der Waals surface area contributed by atoms with Crippen LogP contribution in [0.25, 0.3) is 0 Å². The Hall–Kier alpha value is -1.54. The molecular weight excluding hydrogens is 228 g/mol. The number of nitrogens with two attached hydrogens (primary N) is 1. The highest BCUT2D eigenvalue weighted by molar-refractivity contribution is 5.42. The van der Waals surface area contributed by atoms with Crippen LogP contribution in [0.3, 0.4) is 0 Å². The summed E-state index contributed by atoms with van der Waals surface area (Å²) in [4.78, 5) is 10.1. The SMILES string of the molecule is NC(CO)(CO)[C@H](O)c1ccccc1[N+](=O)[O-]. The normalized spacial score (nSPS) is 13.4. The third-order valence-electron chi connectivity index (χ3n) is 2.56. The Balaban J connectivity index is 3.20. The fraction of sp³-hybridized carbons (Fsp3) is 0.400. The average Bonchev–Trinajstić information content (AvgIpc) is 2.36. The molecule has 7 nitrogen and oxygen atoms in total. The molecule has 0 fully saturated rings. The zero-order valence-electron chi connectivity index (χ0n) is 8.98. The van der Waals surface area contributed by atoms with Crippen molar-refractivity contribution in [1.82, 2.24) is 0 Å². The first-order valence-electron chi connectivity index (χ1n) is 4.88. The van der Waals surface area contributed by atoms with Gasteiger partial charge in [0, 0.05) is 6.07 Å². The molecule has 0 aliphatic heterocycles. The number of rotatable bonds is 5. The minimum absolute atomic E-state index is 0.0388. The summed E-state index contributed by atoms with van der Waals surface area (Å²) in [5, 5.41) is 38.7. The molecule has 1 aromatic rings. The summed E-state index contributed by atoms with van der Waals surface area (Å²) in [5.74, 6) is 0. The zero-order chi connectivity index (χ0) is 13.1. The summed E-state index contributed by atoms with van der Waals surface area (Å²) in [6.45, 7) is -1.40. The maximum Gasteiger partial charge on any atom is 0.275 e. The summed E-state index contributed by atoms with van der Waals surface area (Å²) in [6.07, 6.45) is -1.53. The number of nitro benzene ring substituents is 1. The van der Waals surface area contributed by atoms with Crippen molar-refractivity contribution in [1.29, 1.82) is 0 Å². The molecule has 1 rings (SSSR count). The molecule has 5 N–H and O–H groups in total. The lowest BCUT2D eigenvalue weighted by molar-refractivity contribution is -0.386. The molecule has 94 valence electrons. The van der Waals surface area contributed by atoms with Crippen LogP contribution >= 0.6 is 0 Å². The molecular formula is C10H14N2O5. The van der Waals surface area contributed by atoms with Gasteiger partial charge in [-0.05, 0) is 6.07 Å². The van der Waals surface area contributed by atoms with Crippen molar-refractivity contribution >= 4 is 5.69 Å². The van der Waals surface area contributed by atoms with Crippen LogP contribution in [0.15, 0.2) is 24.3 Å². The highest BCUT2D eigenvalue weighted by Crippen LogP contribution is 2.30. The first-order valence-corrected chi connectivity index (χ1v) is 4.88. The molecule has 0 amide bonds. The summed E-state index contributed by atoms with van der Waals surface area (Å²) in [5.41, 5.74) is 3.51. The zero-order valence-corrected chi connectivity index (χ0v) is 8.98. The van der Waals surface area contributed by atoms with Crippen LogP contribution in [0.1, 0.15) is 11.7 Å². The smallest absolute Gasteiger partial charge is 0.275 e. The first-order chi connectivity index (χ1) is 7.96. The minimum atomic E-state index is -1.72. The largest absolute Gasteiger partial charge is 0.394 e. The number of hydrogen-bond acceptors (Lipinski definition) is 6. The van der Waals surface area contributed by atoms with Crippen LogP contribution < -0.4 is 5.73 Å². The van der Waals surface area contributed by atoms with Gasteiger partial charge in [0.1, 0.15) is 6.10 Å². The summed E-state index contributed by atoms with van der Waals surface area (Å²) < 4.78 is 0. The third kappa shape index (κ3) is 2.59. The van der Waals surface area contributed by atoms with Gasteiger partial charge >= 0.3 is 0 Å². The van der Waals surface area contributed by atoms with Gasteiger partial charge in [0.15, 0.2) is 0 Å². The number of aliphatic hydroxyl groups is 3. The number of para-hydroxylation sites is 1. The van der Waals surface area contributed by atoms with Crippen LogP contribution in [-0.2, 0) is 0 Å². The second-order valence-corrected chi connectivity index (χ2v) is 3.77. The lowest BCUT2D eigenvalue weighted by Crippen LogP contribution is -2.52. The van der Waals surface area contributed by atoms with E-state index in [4.69, 9.17) is 15.9 Å². The van der Waals surface area contributed by atoms with Gasteiger partial charge in [-0.3, -0.25) is 10.1 Å². The van der Waals surface area contributed by atoms with Crippen molar-refractivity contribution in [2.24, 2.45) is 5.73 Å². The monoisotopic (exact) mass is 242 g/mol. The second-order valence-electron chi connectivity index (χ2n) is 3.77. The van der Waals surface area contributed by atoms with Crippen LogP contribution in [0.2, 0.25) is 0 Å². The number of benzene rings is 1. The highest BCUT2D eigenvalue weighted by Gasteiger charge is 2.37. The fourth-order valence-corrected chi connectivity index (χ4v) is 1.42. The highest BCUT2D eigenvalue weighted by atomic mass is 16.6. The Morgan fingerprint density at radius 3 is 2.35 bits per heavy atom. The number of hydrogen-bond donors (Lipinski definition) is 4. The van der Waals surface area contributed by atoms with Crippen molar-refractivity contribution in [3.05, 3.63) is 39.9 Å². The third-order valence-corrected chi connectivity index (χ3v) is 2.56. The molecule has 0 heterocycles. The van der Waals surface area contributed by atoms with Gasteiger partial charge in [0.05, 0.1) is 29.2 Å². The quantitative estimate of drug-likeness (QED) is 0.399. The van der Waals surface area contributed by atoms with E-state index >= 15 is 0 Å². The predicted molar refractivity (Wildman–Crippen MR) is 59.1 cm³/mol. The molecule has 1 atom stereocenters. The van der Waals surface area contributed by atoms with Crippen molar-refractivity contribution in [2.75, 3.05) is 13.2 Å². The van der Waals surface area contributed by atoms with E-state index in [2.05, 4.69) is 0 Å². The van der Waals surface area contributed by atoms with E-state index in [1.165, 1.54) is 24.3 Å². The van der Waals surface area contributed by atoms with Gasteiger partial charge in [0.2, 0.25) is 0 Å². The Morgan fingerprint density at radius 2 is 1.88 bits per heavy atom. The second kappa shape index (κ2) is 5.19. The molecule has 7 heteroatoms. The molecule has 0 spiro atoms. The molecule has 0 bridgehead atoms. The molecule has 0 aromatic heterocycles. The van der Waals surface area contributed by atoms with E-state index in [1.807, 2.05) is 0 Å². The molecule has 0 radical (unpaired) electrons. The van der Waals surface area contributed by atoms with E-state index in [0.29, 0.717) is 0 Å². The lowest BCUT2D eigenvalue weighted by atomic mass is 9.89. The van der Waals surface area contributed by atoms with E-state index < -0.39 is 29.8 Å². The van der Waals surface area contributed by atoms with Crippen LogP contribution in [0.5, 0.6) is 0 Å². The van der Waals surface area contributed by atoms with E-state index in [1.54, 1.807) is 0 Å². The van der Waals surface area contributed by atoms with Gasteiger partial charge in [-0.1, -0.05) is 12.1 Å². The molecule has 0 saturated carbocycles. The van der Waals surface area contributed by atoms with E-state index in [9.17, 15) is 15.2 Å². The van der Waals surface area contributed by atoms with Crippen LogP contribution in [0.4, 0.5) is 5.69 Å². The Morgan fingerprint density at radius 1 is 1.35 bits per heavy atom. The van der Waals surface area contributed by atoms with E-state index in [-0.39, 0.29) is 11.3 Å². The molecule has 0 unspecified atom stereocenters. The topological polar surface area (TPSA) is 130 Å². The van der Waals surface area contributed by atoms with Gasteiger partial charge in [-0.15, -0.1) is 0 Å². The van der Waals surface area contributed by atoms with Gasteiger partial charge < -0.3 is 21.1 Å². The van der Waals surface area contributed by atoms with Crippen molar-refractivity contribution in [2.45, 2.75) is 11.6 Å². The maximum atomic E-state index is 10.8. The Kier molecular flexibility index (Phi) is 4.13. The van der Waals surface area contributed by atoms with Crippen molar-refractivity contribution in [3.63, 3.8) is 0 Å². The summed E-state index contributed by atoms with van der Waals surface area (Å²) in [6, 6.07) is 5.49. The Labute approximate surface area is 97.3 Å². The molecule has 0 aliphatic rings. The predicted octanol–water partition coefficient (Wildman–Crippen LogP) is -0.690. The van der Waals surface area contributed by atoms with Gasteiger partial charge in [-0.2, -0.15) is 0 Å². The lowest BCUT2D eigenvalue weighted by Gasteiger charge is -2.30. The molecule has 0 aliphatic carbocycles. The van der Waals surface area contributed by atoms with Crippen molar-refractivity contribution < 1.29 is 20.2 Å². The Bertz CT molecular complexity index is 405. The van der Waals surface area contributed by atoms with Crippen LogP contribution in [0, 0.1) is 10.1 Å². The standard InChI is InChI=1S/C10H14N2O5/c11-10(5-13,6-14)9(15)7-3-1-2-4-8(7)12(16)17/h1-4,9,13-15H,5-6,11H2/t9-/m1/s1. The van der Waals surface area contributed by atoms with E-state index in [0.717, 1.165) is 0 Å². The average molecular weight is 242 g/mol. The summed E-state index contributed by atoms with van der Waals surface area (Å²) >= 11 is 0. The van der Waals surface area contributed by atoms with Crippen LogP contribution in [-0.4, -0.2) is 39.0 Å². The minimum Gasteiger partial charge on any atom is -0.394 e. The van der Waals surface area contributed by atoms with Crippen molar-refractivity contribution in [3.8, 4) is 0 Å². The molecule has 17 heavy (non-hydrogen) atoms. The number of nitrogens with zero attached hydrogens (tertiary/aromatic N) is 1. The van der Waals surface area contributed by atoms with Gasteiger partial charge in [0.25, 0.3) is 5.69 Å². The van der Waals surface area contributed by atoms with Gasteiger partial charge in [-0.25, -0.2) is 0 Å². The molecule has 1 aromatic carbocycles. The maximum absolute atomic E-state index is 10.8.